The lowest BCUT2D eigenvalue weighted by atomic mass is 10.1. The number of aryl methyl sites for hydroxylation is 1. The van der Waals surface area contributed by atoms with Gasteiger partial charge >= 0.3 is 0 Å². The Morgan fingerprint density at radius 2 is 2.16 bits per heavy atom. The van der Waals surface area contributed by atoms with Crippen LogP contribution in [0.3, 0.4) is 0 Å². The second-order valence-corrected chi connectivity index (χ2v) is 5.78. The highest BCUT2D eigenvalue weighted by molar-refractivity contribution is 7.09. The van der Waals surface area contributed by atoms with Gasteiger partial charge in [0.25, 0.3) is 0 Å². The highest BCUT2D eigenvalue weighted by atomic mass is 32.1. The second kappa shape index (κ2) is 6.17. The maximum Gasteiger partial charge on any atom is 0.131 e. The first-order valence-corrected chi connectivity index (χ1v) is 7.35. The molecule has 0 bridgehead atoms. The van der Waals surface area contributed by atoms with Gasteiger partial charge in [0.05, 0.1) is 10.7 Å². The Morgan fingerprint density at radius 3 is 2.79 bits per heavy atom. The average Bonchev–Trinajstić information content (AvgIpc) is 2.86. The minimum absolute atomic E-state index is 0.469. The van der Waals surface area contributed by atoms with Gasteiger partial charge in [0, 0.05) is 23.4 Å². The molecule has 0 aliphatic carbocycles. The monoisotopic (exact) mass is 276 g/mol. The second-order valence-electron chi connectivity index (χ2n) is 4.89. The molecule has 0 aliphatic heterocycles. The largest absolute Gasteiger partial charge is 0.487 e. The first kappa shape index (κ1) is 14.0. The molecular weight excluding hydrogens is 256 g/mol. The standard InChI is InChI=1S/C15H20N2OS/c1-10(2)15-17-13(9-19-15)8-18-14-11(3)5-4-6-12(14)7-16/h4-6,9-10H,7-8,16H2,1-3H3. The summed E-state index contributed by atoms with van der Waals surface area (Å²) >= 11 is 1.69. The van der Waals surface area contributed by atoms with Crippen molar-refractivity contribution in [2.45, 2.75) is 39.8 Å². The Morgan fingerprint density at radius 1 is 1.37 bits per heavy atom. The van der Waals surface area contributed by atoms with Crippen LogP contribution in [-0.2, 0) is 13.2 Å². The van der Waals surface area contributed by atoms with Gasteiger partial charge in [-0.05, 0) is 12.5 Å². The van der Waals surface area contributed by atoms with Crippen LogP contribution in [-0.4, -0.2) is 4.98 Å². The molecule has 4 heteroatoms. The van der Waals surface area contributed by atoms with Crippen molar-refractivity contribution in [3.05, 3.63) is 45.4 Å². The van der Waals surface area contributed by atoms with E-state index in [2.05, 4.69) is 24.2 Å². The van der Waals surface area contributed by atoms with Crippen molar-refractivity contribution in [1.29, 1.82) is 0 Å². The first-order chi connectivity index (χ1) is 9.11. The molecule has 19 heavy (non-hydrogen) atoms. The molecule has 1 aromatic carbocycles. The number of rotatable bonds is 5. The van der Waals surface area contributed by atoms with E-state index in [4.69, 9.17) is 10.5 Å². The van der Waals surface area contributed by atoms with Crippen LogP contribution in [0.2, 0.25) is 0 Å². The molecule has 0 spiro atoms. The van der Waals surface area contributed by atoms with Gasteiger partial charge in [-0.25, -0.2) is 4.98 Å². The minimum atomic E-state index is 0.469. The van der Waals surface area contributed by atoms with Crippen LogP contribution in [0.4, 0.5) is 0 Å². The molecule has 102 valence electrons. The molecule has 2 N–H and O–H groups in total. The van der Waals surface area contributed by atoms with Crippen LogP contribution in [0.5, 0.6) is 5.75 Å². The summed E-state index contributed by atoms with van der Waals surface area (Å²) in [6.07, 6.45) is 0. The van der Waals surface area contributed by atoms with Crippen LogP contribution in [0.25, 0.3) is 0 Å². The van der Waals surface area contributed by atoms with Crippen LogP contribution in [0.15, 0.2) is 23.6 Å². The predicted molar refractivity (Wildman–Crippen MR) is 79.6 cm³/mol. The van der Waals surface area contributed by atoms with Crippen molar-refractivity contribution >= 4 is 11.3 Å². The molecule has 1 aromatic heterocycles. The van der Waals surface area contributed by atoms with Crippen molar-refractivity contribution in [3.63, 3.8) is 0 Å². The lowest BCUT2D eigenvalue weighted by Gasteiger charge is -2.12. The van der Waals surface area contributed by atoms with Gasteiger partial charge in [0.15, 0.2) is 0 Å². The summed E-state index contributed by atoms with van der Waals surface area (Å²) in [6.45, 7) is 7.33. The summed E-state index contributed by atoms with van der Waals surface area (Å²) in [7, 11) is 0. The summed E-state index contributed by atoms with van der Waals surface area (Å²) in [5.41, 5.74) is 8.88. The van der Waals surface area contributed by atoms with Gasteiger partial charge in [-0.3, -0.25) is 0 Å². The third-order valence-corrected chi connectivity index (χ3v) is 4.14. The van der Waals surface area contributed by atoms with Gasteiger partial charge in [0.1, 0.15) is 12.4 Å². The third kappa shape index (κ3) is 3.33. The molecule has 1 heterocycles. The first-order valence-electron chi connectivity index (χ1n) is 6.47. The van der Waals surface area contributed by atoms with Crippen molar-refractivity contribution < 1.29 is 4.74 Å². The smallest absolute Gasteiger partial charge is 0.131 e. The van der Waals surface area contributed by atoms with E-state index < -0.39 is 0 Å². The highest BCUT2D eigenvalue weighted by Crippen LogP contribution is 2.25. The lowest BCUT2D eigenvalue weighted by Crippen LogP contribution is -2.04. The number of nitrogens with zero attached hydrogens (tertiary/aromatic N) is 1. The summed E-state index contributed by atoms with van der Waals surface area (Å²) in [4.78, 5) is 4.57. The molecule has 0 atom stereocenters. The van der Waals surface area contributed by atoms with E-state index in [9.17, 15) is 0 Å². The van der Waals surface area contributed by atoms with Crippen LogP contribution in [0, 0.1) is 6.92 Å². The predicted octanol–water partition coefficient (Wildman–Crippen LogP) is 3.61. The molecule has 3 nitrogen and oxygen atoms in total. The lowest BCUT2D eigenvalue weighted by molar-refractivity contribution is 0.296. The normalized spacial score (nSPS) is 11.0. The van der Waals surface area contributed by atoms with Gasteiger partial charge in [-0.1, -0.05) is 32.0 Å². The summed E-state index contributed by atoms with van der Waals surface area (Å²) in [6, 6.07) is 6.04. The van der Waals surface area contributed by atoms with Crippen molar-refractivity contribution in [1.82, 2.24) is 4.98 Å². The summed E-state index contributed by atoms with van der Waals surface area (Å²) in [5.74, 6) is 1.36. The highest BCUT2D eigenvalue weighted by Gasteiger charge is 2.09. The number of benzene rings is 1. The van der Waals surface area contributed by atoms with E-state index in [0.29, 0.717) is 19.1 Å². The molecule has 2 aromatic rings. The van der Waals surface area contributed by atoms with Gasteiger partial charge in [-0.15, -0.1) is 11.3 Å². The molecule has 2 rings (SSSR count). The quantitative estimate of drug-likeness (QED) is 0.907. The number of hydrogen-bond donors (Lipinski definition) is 1. The molecule has 0 unspecified atom stereocenters. The number of ether oxygens (including phenoxy) is 1. The zero-order valence-electron chi connectivity index (χ0n) is 11.6. The zero-order valence-corrected chi connectivity index (χ0v) is 12.5. The third-order valence-electron chi connectivity index (χ3n) is 2.94. The van der Waals surface area contributed by atoms with E-state index in [0.717, 1.165) is 27.6 Å². The van der Waals surface area contributed by atoms with Crippen molar-refractivity contribution in [2.75, 3.05) is 0 Å². The van der Waals surface area contributed by atoms with Crippen LogP contribution < -0.4 is 10.5 Å². The van der Waals surface area contributed by atoms with E-state index in [1.807, 2.05) is 25.1 Å². The zero-order chi connectivity index (χ0) is 13.8. The summed E-state index contributed by atoms with van der Waals surface area (Å²) < 4.78 is 5.90. The number of thiazole rings is 1. The van der Waals surface area contributed by atoms with Crippen molar-refractivity contribution in [3.8, 4) is 5.75 Å². The maximum absolute atomic E-state index is 5.90. The molecule has 0 fully saturated rings. The Bertz CT molecular complexity index is 549. The SMILES string of the molecule is Cc1cccc(CN)c1OCc1csc(C(C)C)n1. The molecule has 0 radical (unpaired) electrons. The molecule has 0 saturated heterocycles. The van der Waals surface area contributed by atoms with Crippen LogP contribution >= 0.6 is 11.3 Å². The van der Waals surface area contributed by atoms with Crippen LogP contribution in [0.1, 0.15) is 41.6 Å². The molecule has 0 saturated carbocycles. The minimum Gasteiger partial charge on any atom is -0.487 e. The van der Waals surface area contributed by atoms with Gasteiger partial charge < -0.3 is 10.5 Å². The maximum atomic E-state index is 5.90. The number of hydrogen-bond acceptors (Lipinski definition) is 4. The molecule has 0 amide bonds. The fourth-order valence-electron chi connectivity index (χ4n) is 1.88. The fourth-order valence-corrected chi connectivity index (χ4v) is 2.70. The molecular formula is C15H20N2OS. The number of nitrogens with two attached hydrogens (primary N) is 1. The Balaban J connectivity index is 2.09. The van der Waals surface area contributed by atoms with E-state index in [1.54, 1.807) is 11.3 Å². The van der Waals surface area contributed by atoms with E-state index in [1.165, 1.54) is 0 Å². The Labute approximate surface area is 118 Å². The number of aromatic nitrogens is 1. The molecule has 0 aliphatic rings. The van der Waals surface area contributed by atoms with E-state index in [-0.39, 0.29) is 0 Å². The fraction of sp³-hybridized carbons (Fsp3) is 0.400. The topological polar surface area (TPSA) is 48.1 Å². The van der Waals surface area contributed by atoms with Gasteiger partial charge in [0.2, 0.25) is 0 Å². The average molecular weight is 276 g/mol. The van der Waals surface area contributed by atoms with Crippen molar-refractivity contribution in [2.24, 2.45) is 5.73 Å². The summed E-state index contributed by atoms with van der Waals surface area (Å²) in [5, 5.41) is 3.22. The van der Waals surface area contributed by atoms with Gasteiger partial charge in [-0.2, -0.15) is 0 Å². The Kier molecular flexibility index (Phi) is 4.56. The number of para-hydroxylation sites is 1. The van der Waals surface area contributed by atoms with E-state index >= 15 is 0 Å². The Hall–Kier alpha value is -1.39.